The molecular weight excluding hydrogens is 216 g/mol. The third-order valence-electron chi connectivity index (χ3n) is 3.74. The fourth-order valence-electron chi connectivity index (χ4n) is 2.02. The van der Waals surface area contributed by atoms with Gasteiger partial charge < -0.3 is 10.2 Å². The third-order valence-corrected chi connectivity index (χ3v) is 4.87. The zero-order chi connectivity index (χ0) is 12.2. The summed E-state index contributed by atoms with van der Waals surface area (Å²) in [4.78, 5) is 2.50. The molecule has 96 valence electrons. The van der Waals surface area contributed by atoms with Gasteiger partial charge in [0.15, 0.2) is 0 Å². The van der Waals surface area contributed by atoms with E-state index in [4.69, 9.17) is 0 Å². The van der Waals surface area contributed by atoms with Gasteiger partial charge in [-0.1, -0.05) is 20.8 Å². The van der Waals surface area contributed by atoms with Gasteiger partial charge in [0, 0.05) is 30.1 Å². The van der Waals surface area contributed by atoms with Gasteiger partial charge in [-0.3, -0.25) is 0 Å². The van der Waals surface area contributed by atoms with E-state index >= 15 is 0 Å². The van der Waals surface area contributed by atoms with Gasteiger partial charge in [0.25, 0.3) is 0 Å². The van der Waals surface area contributed by atoms with Crippen LogP contribution in [-0.4, -0.2) is 48.6 Å². The summed E-state index contributed by atoms with van der Waals surface area (Å²) in [6.07, 6.45) is 1.28. The molecule has 2 atom stereocenters. The molecule has 0 amide bonds. The van der Waals surface area contributed by atoms with Crippen molar-refractivity contribution in [3.63, 3.8) is 0 Å². The minimum Gasteiger partial charge on any atom is -0.312 e. The van der Waals surface area contributed by atoms with E-state index in [1.54, 1.807) is 0 Å². The van der Waals surface area contributed by atoms with Crippen LogP contribution in [0.3, 0.4) is 0 Å². The smallest absolute Gasteiger partial charge is 0.0170 e. The summed E-state index contributed by atoms with van der Waals surface area (Å²) in [5, 5.41) is 3.60. The first-order chi connectivity index (χ1) is 7.41. The molecule has 0 spiro atoms. The van der Waals surface area contributed by atoms with Crippen LogP contribution in [0.4, 0.5) is 0 Å². The van der Waals surface area contributed by atoms with Crippen molar-refractivity contribution in [3.8, 4) is 0 Å². The first-order valence-corrected chi connectivity index (χ1v) is 7.58. The monoisotopic (exact) mass is 244 g/mol. The normalized spacial score (nSPS) is 24.8. The zero-order valence-corrected chi connectivity index (χ0v) is 12.4. The van der Waals surface area contributed by atoms with Crippen LogP contribution in [0.2, 0.25) is 0 Å². The first kappa shape index (κ1) is 14.3. The van der Waals surface area contributed by atoms with E-state index in [9.17, 15) is 0 Å². The Bertz CT molecular complexity index is 195. The molecule has 1 fully saturated rings. The summed E-state index contributed by atoms with van der Waals surface area (Å²) < 4.78 is 0. The van der Waals surface area contributed by atoms with Crippen molar-refractivity contribution < 1.29 is 0 Å². The molecule has 1 N–H and O–H groups in total. The number of hydrogen-bond donors (Lipinski definition) is 1. The molecule has 0 radical (unpaired) electrons. The largest absolute Gasteiger partial charge is 0.312 e. The molecule has 1 saturated heterocycles. The lowest BCUT2D eigenvalue weighted by atomic mass is 9.87. The van der Waals surface area contributed by atoms with E-state index in [-0.39, 0.29) is 0 Å². The minimum atomic E-state index is 0.378. The second kappa shape index (κ2) is 6.27. The number of nitrogens with zero attached hydrogens (tertiary/aromatic N) is 1. The Morgan fingerprint density at radius 1 is 1.44 bits per heavy atom. The van der Waals surface area contributed by atoms with Crippen LogP contribution in [0.15, 0.2) is 0 Å². The van der Waals surface area contributed by atoms with E-state index in [1.807, 2.05) is 0 Å². The molecule has 0 aliphatic carbocycles. The number of hydrogen-bond acceptors (Lipinski definition) is 3. The third kappa shape index (κ3) is 4.64. The Morgan fingerprint density at radius 2 is 2.12 bits per heavy atom. The Labute approximate surface area is 106 Å². The summed E-state index contributed by atoms with van der Waals surface area (Å²) in [5.74, 6) is 2.57. The Hall–Kier alpha value is 0.270. The highest BCUT2D eigenvalue weighted by atomic mass is 32.2. The Kier molecular flexibility index (Phi) is 5.62. The molecule has 1 rings (SSSR count). The average molecular weight is 244 g/mol. The van der Waals surface area contributed by atoms with Crippen LogP contribution < -0.4 is 5.32 Å². The van der Waals surface area contributed by atoms with Gasteiger partial charge in [0.1, 0.15) is 0 Å². The highest BCUT2D eigenvalue weighted by molar-refractivity contribution is 7.99. The lowest BCUT2D eigenvalue weighted by Crippen LogP contribution is -2.44. The highest BCUT2D eigenvalue weighted by Gasteiger charge is 2.24. The van der Waals surface area contributed by atoms with Gasteiger partial charge >= 0.3 is 0 Å². The SMILES string of the molecule is CC(N(C)CCC1CSCCN1)C(C)(C)C. The molecule has 16 heavy (non-hydrogen) atoms. The second-order valence-electron chi connectivity index (χ2n) is 6.04. The van der Waals surface area contributed by atoms with Gasteiger partial charge in [0.05, 0.1) is 0 Å². The second-order valence-corrected chi connectivity index (χ2v) is 7.19. The molecule has 3 heteroatoms. The zero-order valence-electron chi connectivity index (χ0n) is 11.5. The maximum absolute atomic E-state index is 3.60. The summed E-state index contributed by atoms with van der Waals surface area (Å²) in [5.41, 5.74) is 0.378. The number of thioether (sulfide) groups is 1. The van der Waals surface area contributed by atoms with Crippen molar-refractivity contribution in [1.29, 1.82) is 0 Å². The maximum atomic E-state index is 3.60. The minimum absolute atomic E-state index is 0.378. The van der Waals surface area contributed by atoms with Crippen LogP contribution in [0, 0.1) is 5.41 Å². The molecule has 0 aromatic rings. The predicted molar refractivity (Wildman–Crippen MR) is 75.3 cm³/mol. The molecule has 1 aliphatic heterocycles. The van der Waals surface area contributed by atoms with Gasteiger partial charge in [-0.2, -0.15) is 11.8 Å². The van der Waals surface area contributed by atoms with Crippen molar-refractivity contribution in [2.75, 3.05) is 31.6 Å². The fraction of sp³-hybridized carbons (Fsp3) is 1.00. The average Bonchev–Trinajstić information content (AvgIpc) is 2.25. The molecule has 0 bridgehead atoms. The van der Waals surface area contributed by atoms with Gasteiger partial charge in [-0.05, 0) is 32.4 Å². The summed E-state index contributed by atoms with van der Waals surface area (Å²) >= 11 is 2.09. The van der Waals surface area contributed by atoms with E-state index in [1.165, 1.54) is 31.0 Å². The van der Waals surface area contributed by atoms with Crippen molar-refractivity contribution in [2.24, 2.45) is 5.41 Å². The number of nitrogens with one attached hydrogen (secondary N) is 1. The van der Waals surface area contributed by atoms with Crippen molar-refractivity contribution in [1.82, 2.24) is 10.2 Å². The van der Waals surface area contributed by atoms with Gasteiger partial charge in [0.2, 0.25) is 0 Å². The Morgan fingerprint density at radius 3 is 2.62 bits per heavy atom. The van der Waals surface area contributed by atoms with E-state index in [0.717, 1.165) is 6.04 Å². The van der Waals surface area contributed by atoms with Gasteiger partial charge in [-0.25, -0.2) is 0 Å². The fourth-order valence-corrected chi connectivity index (χ4v) is 3.02. The highest BCUT2D eigenvalue weighted by Crippen LogP contribution is 2.23. The van der Waals surface area contributed by atoms with E-state index in [0.29, 0.717) is 11.5 Å². The lowest BCUT2D eigenvalue weighted by Gasteiger charge is -2.36. The van der Waals surface area contributed by atoms with Crippen LogP contribution in [-0.2, 0) is 0 Å². The molecular formula is C13H28N2S. The summed E-state index contributed by atoms with van der Waals surface area (Å²) in [7, 11) is 2.26. The van der Waals surface area contributed by atoms with Crippen LogP contribution in [0.5, 0.6) is 0 Å². The topological polar surface area (TPSA) is 15.3 Å². The quantitative estimate of drug-likeness (QED) is 0.818. The van der Waals surface area contributed by atoms with Crippen LogP contribution >= 0.6 is 11.8 Å². The molecule has 1 heterocycles. The van der Waals surface area contributed by atoms with E-state index in [2.05, 4.69) is 56.7 Å². The van der Waals surface area contributed by atoms with Crippen molar-refractivity contribution >= 4 is 11.8 Å². The summed E-state index contributed by atoms with van der Waals surface area (Å²) in [6.45, 7) is 11.7. The first-order valence-electron chi connectivity index (χ1n) is 6.42. The number of rotatable bonds is 4. The molecule has 0 aromatic heterocycles. The van der Waals surface area contributed by atoms with Crippen LogP contribution in [0.25, 0.3) is 0 Å². The molecule has 0 aromatic carbocycles. The summed E-state index contributed by atoms with van der Waals surface area (Å²) in [6, 6.07) is 1.37. The molecule has 0 saturated carbocycles. The maximum Gasteiger partial charge on any atom is 0.0170 e. The van der Waals surface area contributed by atoms with E-state index < -0.39 is 0 Å². The molecule has 1 aliphatic rings. The van der Waals surface area contributed by atoms with Crippen molar-refractivity contribution in [2.45, 2.75) is 46.2 Å². The standard InChI is InChI=1S/C13H28N2S/c1-11(13(2,3)4)15(5)8-6-12-10-16-9-7-14-12/h11-12,14H,6-10H2,1-5H3. The van der Waals surface area contributed by atoms with Gasteiger partial charge in [-0.15, -0.1) is 0 Å². The lowest BCUT2D eigenvalue weighted by molar-refractivity contribution is 0.136. The predicted octanol–water partition coefficient (Wildman–Crippen LogP) is 2.45. The molecule has 2 nitrogen and oxygen atoms in total. The van der Waals surface area contributed by atoms with Crippen LogP contribution in [0.1, 0.15) is 34.1 Å². The Balaban J connectivity index is 2.25. The van der Waals surface area contributed by atoms with Crippen molar-refractivity contribution in [3.05, 3.63) is 0 Å². The molecule has 2 unspecified atom stereocenters.